The molecule has 0 spiro atoms. The van der Waals surface area contributed by atoms with Gasteiger partial charge in [-0.15, -0.1) is 10.2 Å². The molecule has 12 heteroatoms. The standard InChI is InChI=1S/C2N10O2/c13-11-1(5-7-9-11)3-4-2-6-8-10-12(2)14/q-2. The van der Waals surface area contributed by atoms with Crippen LogP contribution in [0.15, 0.2) is 10.2 Å². The average molecular weight is 196 g/mol. The summed E-state index contributed by atoms with van der Waals surface area (Å²) in [7, 11) is 0. The maximum absolute atomic E-state index is 10.7. The van der Waals surface area contributed by atoms with Crippen LogP contribution < -0.4 is 0 Å². The molecule has 2 aromatic heterocycles. The summed E-state index contributed by atoms with van der Waals surface area (Å²) in [6.07, 6.45) is 0. The normalized spacial score (nSPS) is 11.1. The molecule has 0 radical (unpaired) electrons. The van der Waals surface area contributed by atoms with Crippen LogP contribution in [0.3, 0.4) is 0 Å². The van der Waals surface area contributed by atoms with Crippen LogP contribution in [0.5, 0.6) is 0 Å². The molecule has 0 fully saturated rings. The molecule has 0 saturated heterocycles. The van der Waals surface area contributed by atoms with Gasteiger partial charge in [0.25, 0.3) is 11.9 Å². The molecule has 2 rings (SSSR count). The lowest BCUT2D eigenvalue weighted by Crippen LogP contribution is -1.88. The van der Waals surface area contributed by atoms with Crippen molar-refractivity contribution in [3.63, 3.8) is 0 Å². The Morgan fingerprint density at radius 2 is 1.29 bits per heavy atom. The van der Waals surface area contributed by atoms with Crippen molar-refractivity contribution in [1.29, 1.82) is 0 Å². The minimum absolute atomic E-state index is 0.0302. The van der Waals surface area contributed by atoms with Crippen molar-refractivity contribution in [3.05, 3.63) is 10.4 Å². The largest absolute Gasteiger partial charge is 0.787 e. The van der Waals surface area contributed by atoms with Crippen molar-refractivity contribution in [1.82, 2.24) is 40.7 Å². The molecule has 12 nitrogen and oxygen atoms in total. The smallest absolute Gasteiger partial charge is 0.284 e. The Bertz CT molecular complexity index is 412. The number of azo groups is 1. The highest BCUT2D eigenvalue weighted by Crippen LogP contribution is 2.09. The number of hydrogen-bond donors (Lipinski definition) is 0. The summed E-state index contributed by atoms with van der Waals surface area (Å²) < 4.78 is 0. The van der Waals surface area contributed by atoms with E-state index < -0.39 is 11.9 Å². The summed E-state index contributed by atoms with van der Waals surface area (Å²) in [4.78, 5) is 0.0604. The van der Waals surface area contributed by atoms with Crippen LogP contribution in [-0.4, -0.2) is 40.7 Å². The lowest BCUT2D eigenvalue weighted by molar-refractivity contribution is 0.785. The Morgan fingerprint density at radius 3 is 1.57 bits per heavy atom. The van der Waals surface area contributed by atoms with Crippen molar-refractivity contribution >= 4 is 11.9 Å². The molecule has 0 bridgehead atoms. The Kier molecular flexibility index (Phi) is 1.71. The minimum Gasteiger partial charge on any atom is -0.787 e. The molecule has 0 aliphatic rings. The molecule has 0 aromatic carbocycles. The van der Waals surface area contributed by atoms with E-state index in [4.69, 9.17) is 0 Å². The van der Waals surface area contributed by atoms with Crippen LogP contribution in [0.1, 0.15) is 0 Å². The number of nitrogens with zero attached hydrogens (tertiary/aromatic N) is 10. The van der Waals surface area contributed by atoms with Crippen LogP contribution >= 0.6 is 0 Å². The molecule has 0 aliphatic heterocycles. The van der Waals surface area contributed by atoms with E-state index >= 15 is 0 Å². The highest BCUT2D eigenvalue weighted by atomic mass is 16.5. The van der Waals surface area contributed by atoms with Crippen LogP contribution in [0.25, 0.3) is 0 Å². The molecule has 2 heterocycles. The van der Waals surface area contributed by atoms with Gasteiger partial charge in [0.2, 0.25) is 0 Å². The first-order valence-electron chi connectivity index (χ1n) is 3.11. The zero-order valence-electron chi connectivity index (χ0n) is 6.29. The number of aromatic nitrogens is 8. The summed E-state index contributed by atoms with van der Waals surface area (Å²) >= 11 is 0. The molecular formula is C2N10O2-2. The van der Waals surface area contributed by atoms with Gasteiger partial charge in [-0.25, -0.2) is 9.69 Å². The van der Waals surface area contributed by atoms with Crippen molar-refractivity contribution in [3.8, 4) is 0 Å². The zero-order valence-corrected chi connectivity index (χ0v) is 6.29. The third-order valence-electron chi connectivity index (χ3n) is 1.08. The second-order valence-corrected chi connectivity index (χ2v) is 1.90. The molecule has 0 aliphatic carbocycles. The maximum Gasteiger partial charge on any atom is 0.284 e. The molecule has 14 heavy (non-hydrogen) atoms. The SMILES string of the molecule is [O-]n1nnnc1N=Nc1nnnn1[O-]. The van der Waals surface area contributed by atoms with E-state index in [1.165, 1.54) is 0 Å². The molecule has 0 atom stereocenters. The number of hydrogen-bond acceptors (Lipinski definition) is 10. The summed E-state index contributed by atoms with van der Waals surface area (Å²) in [5.74, 6) is -0.819. The van der Waals surface area contributed by atoms with E-state index in [0.717, 1.165) is 0 Å². The quantitative estimate of drug-likeness (QED) is 0.539. The van der Waals surface area contributed by atoms with Gasteiger partial charge in [-0.1, -0.05) is 10.2 Å². The van der Waals surface area contributed by atoms with E-state index in [2.05, 4.69) is 41.3 Å². The topological polar surface area (TPSA) is 158 Å². The second kappa shape index (κ2) is 3.00. The highest BCUT2D eigenvalue weighted by Gasteiger charge is 1.98. The van der Waals surface area contributed by atoms with Gasteiger partial charge >= 0.3 is 0 Å². The van der Waals surface area contributed by atoms with E-state index in [-0.39, 0.29) is 9.69 Å². The van der Waals surface area contributed by atoms with Gasteiger partial charge in [0, 0.05) is 0 Å². The van der Waals surface area contributed by atoms with E-state index in [1.54, 1.807) is 0 Å². The predicted octanol–water partition coefficient (Wildman–Crippen LogP) is -1.23. The molecular weight excluding hydrogens is 196 g/mol. The lowest BCUT2D eigenvalue weighted by Gasteiger charge is -2.01. The first-order valence-corrected chi connectivity index (χ1v) is 3.11. The summed E-state index contributed by atoms with van der Waals surface area (Å²) in [6, 6.07) is 0. The van der Waals surface area contributed by atoms with Gasteiger partial charge < -0.3 is 10.4 Å². The van der Waals surface area contributed by atoms with Crippen LogP contribution in [0.2, 0.25) is 0 Å². The monoisotopic (exact) mass is 196 g/mol. The van der Waals surface area contributed by atoms with Crippen molar-refractivity contribution in [2.24, 2.45) is 10.2 Å². The summed E-state index contributed by atoms with van der Waals surface area (Å²) in [5.41, 5.74) is 0. The van der Waals surface area contributed by atoms with E-state index in [0.29, 0.717) is 0 Å². The van der Waals surface area contributed by atoms with Crippen LogP contribution in [0, 0.1) is 10.4 Å². The van der Waals surface area contributed by atoms with Crippen LogP contribution in [0.4, 0.5) is 11.9 Å². The Hall–Kier alpha value is -2.66. The van der Waals surface area contributed by atoms with E-state index in [9.17, 15) is 10.4 Å². The van der Waals surface area contributed by atoms with Crippen molar-refractivity contribution < 1.29 is 0 Å². The second-order valence-electron chi connectivity index (χ2n) is 1.90. The Morgan fingerprint density at radius 1 is 0.857 bits per heavy atom. The fourth-order valence-electron chi connectivity index (χ4n) is 0.555. The fraction of sp³-hybridized carbons (Fsp3) is 0. The van der Waals surface area contributed by atoms with Crippen molar-refractivity contribution in [2.45, 2.75) is 0 Å². The lowest BCUT2D eigenvalue weighted by atomic mass is 11.1. The first kappa shape index (κ1) is 7.96. The first-order chi connectivity index (χ1) is 6.77. The number of rotatable bonds is 2. The van der Waals surface area contributed by atoms with Crippen molar-refractivity contribution in [2.75, 3.05) is 0 Å². The van der Waals surface area contributed by atoms with Gasteiger partial charge in [0.05, 0.1) is 0 Å². The van der Waals surface area contributed by atoms with Gasteiger partial charge in [0.15, 0.2) is 0 Å². The fourth-order valence-corrected chi connectivity index (χ4v) is 0.555. The predicted molar refractivity (Wildman–Crippen MR) is 37.3 cm³/mol. The molecule has 2 aromatic rings. The molecule has 0 amide bonds. The molecule has 0 unspecified atom stereocenters. The highest BCUT2D eigenvalue weighted by molar-refractivity contribution is 5.15. The van der Waals surface area contributed by atoms with Crippen LogP contribution in [-0.2, 0) is 0 Å². The van der Waals surface area contributed by atoms with Gasteiger partial charge in [-0.05, 0) is 20.9 Å². The number of tetrazole rings is 2. The molecule has 72 valence electrons. The Balaban J connectivity index is 2.23. The third kappa shape index (κ3) is 1.30. The summed E-state index contributed by atoms with van der Waals surface area (Å²) in [5, 5.41) is 46.1. The van der Waals surface area contributed by atoms with Gasteiger partial charge in [-0.2, -0.15) is 0 Å². The Labute approximate surface area is 74.4 Å². The van der Waals surface area contributed by atoms with Gasteiger partial charge in [0.1, 0.15) is 0 Å². The third-order valence-corrected chi connectivity index (χ3v) is 1.08. The minimum atomic E-state index is -0.409. The summed E-state index contributed by atoms with van der Waals surface area (Å²) in [6.45, 7) is 0. The maximum atomic E-state index is 10.7. The molecule has 0 saturated carbocycles. The van der Waals surface area contributed by atoms with Gasteiger partial charge in [-0.3, -0.25) is 0 Å². The zero-order chi connectivity index (χ0) is 9.97. The van der Waals surface area contributed by atoms with E-state index in [1.807, 2.05) is 0 Å². The average Bonchev–Trinajstić information content (AvgIpc) is 2.72. The molecule has 0 N–H and O–H groups in total.